The third-order valence-corrected chi connectivity index (χ3v) is 5.29. The zero-order chi connectivity index (χ0) is 17.2. The van der Waals surface area contributed by atoms with Crippen LogP contribution in [-0.4, -0.2) is 40.4 Å². The van der Waals surface area contributed by atoms with Crippen molar-refractivity contribution in [2.45, 2.75) is 44.6 Å². The van der Waals surface area contributed by atoms with Gasteiger partial charge < -0.3 is 10.2 Å². The predicted molar refractivity (Wildman–Crippen MR) is 98.6 cm³/mol. The van der Waals surface area contributed by atoms with E-state index in [2.05, 4.69) is 16.4 Å². The molecule has 1 aromatic carbocycles. The van der Waals surface area contributed by atoms with Crippen LogP contribution in [0.25, 0.3) is 11.3 Å². The highest BCUT2D eigenvalue weighted by Gasteiger charge is 2.22. The van der Waals surface area contributed by atoms with Gasteiger partial charge in [0, 0.05) is 37.0 Å². The maximum Gasteiger partial charge on any atom is 0.253 e. The maximum atomic E-state index is 12.2. The highest BCUT2D eigenvalue weighted by atomic mass is 16.2. The Hall–Kier alpha value is -2.43. The SMILES string of the molecule is CN1CCc2cc(-c3ccnc(NC4CCCCC4)n3)ccc2C1=O. The second kappa shape index (κ2) is 6.82. The summed E-state index contributed by atoms with van der Waals surface area (Å²) >= 11 is 0. The number of benzene rings is 1. The van der Waals surface area contributed by atoms with Crippen LogP contribution in [0.3, 0.4) is 0 Å². The average Bonchev–Trinajstić information content (AvgIpc) is 2.66. The van der Waals surface area contributed by atoms with Gasteiger partial charge in [-0.3, -0.25) is 4.79 Å². The van der Waals surface area contributed by atoms with Gasteiger partial charge in [0.25, 0.3) is 5.91 Å². The fourth-order valence-corrected chi connectivity index (χ4v) is 3.78. The number of hydrogen-bond donors (Lipinski definition) is 1. The van der Waals surface area contributed by atoms with Crippen molar-refractivity contribution in [1.29, 1.82) is 0 Å². The van der Waals surface area contributed by atoms with Crippen molar-refractivity contribution in [3.8, 4) is 11.3 Å². The Bertz CT molecular complexity index is 783. The Balaban J connectivity index is 1.57. The Morgan fingerprint density at radius 2 is 2.00 bits per heavy atom. The van der Waals surface area contributed by atoms with E-state index in [4.69, 9.17) is 4.98 Å². The van der Waals surface area contributed by atoms with Crippen molar-refractivity contribution < 1.29 is 4.79 Å². The third kappa shape index (κ3) is 3.36. The standard InChI is InChI=1S/C20H24N4O/c1-24-12-10-14-13-15(7-8-17(14)19(24)25)18-9-11-21-20(23-18)22-16-5-3-2-4-6-16/h7-9,11,13,16H,2-6,10,12H2,1H3,(H,21,22,23). The molecule has 1 amide bonds. The minimum absolute atomic E-state index is 0.107. The number of carbonyl (C=O) groups excluding carboxylic acids is 1. The van der Waals surface area contributed by atoms with Crippen molar-refractivity contribution in [3.63, 3.8) is 0 Å². The van der Waals surface area contributed by atoms with Crippen LogP contribution in [0.2, 0.25) is 0 Å². The van der Waals surface area contributed by atoms with Gasteiger partial charge in [0.1, 0.15) is 0 Å². The molecule has 5 nitrogen and oxygen atoms in total. The first-order valence-corrected chi connectivity index (χ1v) is 9.19. The van der Waals surface area contributed by atoms with E-state index >= 15 is 0 Å². The van der Waals surface area contributed by atoms with Crippen molar-refractivity contribution in [3.05, 3.63) is 41.6 Å². The maximum absolute atomic E-state index is 12.2. The first kappa shape index (κ1) is 16.1. The summed E-state index contributed by atoms with van der Waals surface area (Å²) in [5, 5.41) is 3.48. The molecule has 1 N–H and O–H groups in total. The van der Waals surface area contributed by atoms with Gasteiger partial charge >= 0.3 is 0 Å². The zero-order valence-electron chi connectivity index (χ0n) is 14.7. The van der Waals surface area contributed by atoms with Crippen LogP contribution in [0.5, 0.6) is 0 Å². The number of nitrogens with zero attached hydrogens (tertiary/aromatic N) is 3. The van der Waals surface area contributed by atoms with E-state index in [1.165, 1.54) is 32.1 Å². The highest BCUT2D eigenvalue weighted by molar-refractivity contribution is 5.97. The van der Waals surface area contributed by atoms with Crippen LogP contribution in [0.1, 0.15) is 48.0 Å². The summed E-state index contributed by atoms with van der Waals surface area (Å²) in [5.74, 6) is 0.813. The molecule has 2 heterocycles. The molecule has 2 aromatic rings. The summed E-state index contributed by atoms with van der Waals surface area (Å²) in [7, 11) is 1.85. The van der Waals surface area contributed by atoms with E-state index in [-0.39, 0.29) is 5.91 Å². The molecule has 25 heavy (non-hydrogen) atoms. The van der Waals surface area contributed by atoms with Gasteiger partial charge in [-0.2, -0.15) is 0 Å². The molecule has 2 aliphatic rings. The molecule has 1 fully saturated rings. The van der Waals surface area contributed by atoms with Crippen LogP contribution in [-0.2, 0) is 6.42 Å². The molecule has 1 saturated carbocycles. The predicted octanol–water partition coefficient (Wildman–Crippen LogP) is 3.52. The Labute approximate surface area is 148 Å². The smallest absolute Gasteiger partial charge is 0.253 e. The van der Waals surface area contributed by atoms with Crippen molar-refractivity contribution in [1.82, 2.24) is 14.9 Å². The molecule has 1 aromatic heterocycles. The van der Waals surface area contributed by atoms with Gasteiger partial charge in [0.15, 0.2) is 0 Å². The summed E-state index contributed by atoms with van der Waals surface area (Å²) in [5.41, 5.74) is 3.88. The van der Waals surface area contributed by atoms with Crippen LogP contribution in [0, 0.1) is 0 Å². The molecule has 0 atom stereocenters. The number of nitrogens with one attached hydrogen (secondary N) is 1. The normalized spacial score (nSPS) is 18.1. The summed E-state index contributed by atoms with van der Waals surface area (Å²) < 4.78 is 0. The average molecular weight is 336 g/mol. The van der Waals surface area contributed by atoms with E-state index < -0.39 is 0 Å². The van der Waals surface area contributed by atoms with E-state index in [0.717, 1.165) is 35.3 Å². The molecule has 1 aliphatic carbocycles. The lowest BCUT2D eigenvalue weighted by atomic mass is 9.95. The van der Waals surface area contributed by atoms with Crippen molar-refractivity contribution in [2.24, 2.45) is 0 Å². The number of likely N-dealkylation sites (N-methyl/N-ethyl adjacent to an activating group) is 1. The molecule has 130 valence electrons. The van der Waals surface area contributed by atoms with E-state index in [1.807, 2.05) is 31.4 Å². The highest BCUT2D eigenvalue weighted by Crippen LogP contribution is 2.26. The molecule has 1 aliphatic heterocycles. The Kier molecular flexibility index (Phi) is 4.38. The number of rotatable bonds is 3. The fourth-order valence-electron chi connectivity index (χ4n) is 3.78. The quantitative estimate of drug-likeness (QED) is 0.932. The van der Waals surface area contributed by atoms with E-state index in [0.29, 0.717) is 12.0 Å². The number of aromatic nitrogens is 2. The summed E-state index contributed by atoms with van der Waals surface area (Å²) in [6.45, 7) is 0.771. The number of anilines is 1. The van der Waals surface area contributed by atoms with Crippen LogP contribution in [0.4, 0.5) is 5.95 Å². The van der Waals surface area contributed by atoms with Crippen LogP contribution >= 0.6 is 0 Å². The number of fused-ring (bicyclic) bond motifs is 1. The Morgan fingerprint density at radius 1 is 1.16 bits per heavy atom. The van der Waals surface area contributed by atoms with Crippen LogP contribution < -0.4 is 5.32 Å². The topological polar surface area (TPSA) is 58.1 Å². The molecule has 0 radical (unpaired) electrons. The van der Waals surface area contributed by atoms with E-state index in [1.54, 1.807) is 4.90 Å². The lowest BCUT2D eigenvalue weighted by molar-refractivity contribution is 0.0781. The summed E-state index contributed by atoms with van der Waals surface area (Å²) in [4.78, 5) is 23.1. The molecule has 0 unspecified atom stereocenters. The van der Waals surface area contributed by atoms with Gasteiger partial charge in [-0.05, 0) is 43.0 Å². The first-order valence-electron chi connectivity index (χ1n) is 9.19. The number of amides is 1. The second-order valence-corrected chi connectivity index (χ2v) is 7.09. The van der Waals surface area contributed by atoms with Crippen LogP contribution in [0.15, 0.2) is 30.5 Å². The van der Waals surface area contributed by atoms with E-state index in [9.17, 15) is 4.79 Å². The summed E-state index contributed by atoms with van der Waals surface area (Å²) in [6, 6.07) is 8.44. The van der Waals surface area contributed by atoms with Crippen molar-refractivity contribution >= 4 is 11.9 Å². The largest absolute Gasteiger partial charge is 0.351 e. The molecule has 4 rings (SSSR count). The molecular weight excluding hydrogens is 312 g/mol. The van der Waals surface area contributed by atoms with Gasteiger partial charge in [-0.25, -0.2) is 9.97 Å². The fraction of sp³-hybridized carbons (Fsp3) is 0.450. The molecule has 0 bridgehead atoms. The molecule has 5 heteroatoms. The van der Waals surface area contributed by atoms with Gasteiger partial charge in [0.2, 0.25) is 5.95 Å². The molecular formula is C20H24N4O. The minimum atomic E-state index is 0.107. The second-order valence-electron chi connectivity index (χ2n) is 7.09. The summed E-state index contributed by atoms with van der Waals surface area (Å²) in [6.07, 6.45) is 9.00. The third-order valence-electron chi connectivity index (χ3n) is 5.29. The zero-order valence-corrected chi connectivity index (χ0v) is 14.7. The molecule has 0 saturated heterocycles. The lowest BCUT2D eigenvalue weighted by Crippen LogP contribution is -2.34. The molecule has 0 spiro atoms. The number of hydrogen-bond acceptors (Lipinski definition) is 4. The van der Waals surface area contributed by atoms with Gasteiger partial charge in [-0.15, -0.1) is 0 Å². The number of carbonyl (C=O) groups is 1. The first-order chi connectivity index (χ1) is 12.2. The minimum Gasteiger partial charge on any atom is -0.351 e. The monoisotopic (exact) mass is 336 g/mol. The van der Waals surface area contributed by atoms with Crippen molar-refractivity contribution in [2.75, 3.05) is 18.9 Å². The van der Waals surface area contributed by atoms with Gasteiger partial charge in [0.05, 0.1) is 5.69 Å². The lowest BCUT2D eigenvalue weighted by Gasteiger charge is -2.25. The van der Waals surface area contributed by atoms with Gasteiger partial charge in [-0.1, -0.05) is 25.3 Å². The Morgan fingerprint density at radius 3 is 2.84 bits per heavy atom.